The van der Waals surface area contributed by atoms with Crippen LogP contribution in [0.3, 0.4) is 0 Å². The van der Waals surface area contributed by atoms with Crippen LogP contribution in [0.25, 0.3) is 0 Å². The maximum Gasteiger partial charge on any atom is 0.0498 e. The summed E-state index contributed by atoms with van der Waals surface area (Å²) in [4.78, 5) is 0. The Balaban J connectivity index is 3.34. The Kier molecular flexibility index (Phi) is 2.22. The smallest absolute Gasteiger partial charge is 0.0498 e. The number of hydrogen-bond acceptors (Lipinski definition) is 1. The Bertz CT molecular complexity index is 63.0. The Hall–Kier alpha value is -0.113. The Morgan fingerprint density at radius 3 is 1.86 bits per heavy atom. The maximum atomic E-state index is 6.77. The Morgan fingerprint density at radius 1 is 1.43 bits per heavy atom. The quantitative estimate of drug-likeness (QED) is 0.420. The van der Waals surface area contributed by atoms with Crippen LogP contribution in [0, 0.1) is 5.41 Å². The van der Waals surface area contributed by atoms with Gasteiger partial charge in [0.15, 0.2) is 0 Å². The topological polar surface area (TPSA) is 23.9 Å². The highest BCUT2D eigenvalue weighted by molar-refractivity contribution is 6.78. The van der Waals surface area contributed by atoms with Gasteiger partial charge < -0.3 is 5.41 Å². The summed E-state index contributed by atoms with van der Waals surface area (Å²) in [5.74, 6) is 0. The van der Waals surface area contributed by atoms with E-state index in [9.17, 15) is 0 Å². The summed E-state index contributed by atoms with van der Waals surface area (Å²) in [7, 11) is -0.900. The van der Waals surface area contributed by atoms with Crippen LogP contribution in [0.5, 0.6) is 0 Å². The van der Waals surface area contributed by atoms with E-state index < -0.39 is 8.07 Å². The van der Waals surface area contributed by atoms with E-state index in [4.69, 9.17) is 5.41 Å². The van der Waals surface area contributed by atoms with Crippen molar-refractivity contribution in [2.24, 2.45) is 0 Å². The van der Waals surface area contributed by atoms with Crippen molar-refractivity contribution in [1.82, 2.24) is 0 Å². The van der Waals surface area contributed by atoms with E-state index in [1.165, 1.54) is 6.21 Å². The first kappa shape index (κ1) is 6.89. The molecule has 0 heterocycles. The highest BCUT2D eigenvalue weighted by Gasteiger charge is 2.08. The largest absolute Gasteiger partial charge is 0.313 e. The van der Waals surface area contributed by atoms with Crippen LogP contribution < -0.4 is 0 Å². The van der Waals surface area contributed by atoms with Gasteiger partial charge in [-0.05, 0) is 12.3 Å². The molecule has 0 aromatic heterocycles. The van der Waals surface area contributed by atoms with E-state index in [0.717, 1.165) is 6.04 Å². The molecule has 0 amide bonds. The van der Waals surface area contributed by atoms with E-state index >= 15 is 0 Å². The van der Waals surface area contributed by atoms with Crippen LogP contribution in [-0.4, -0.2) is 14.3 Å². The SMILES string of the molecule is C[Si](C)(C)CC=N. The summed E-state index contributed by atoms with van der Waals surface area (Å²) in [5, 5.41) is 6.77. The van der Waals surface area contributed by atoms with Crippen molar-refractivity contribution >= 4 is 14.3 Å². The molecule has 0 aliphatic heterocycles. The second-order valence-corrected chi connectivity index (χ2v) is 8.50. The van der Waals surface area contributed by atoms with Crippen molar-refractivity contribution in [2.45, 2.75) is 25.7 Å². The third-order valence-electron chi connectivity index (χ3n) is 0.714. The van der Waals surface area contributed by atoms with Crippen LogP contribution in [0.15, 0.2) is 0 Å². The molecule has 2 heteroatoms. The minimum absolute atomic E-state index is 0.900. The van der Waals surface area contributed by atoms with E-state index in [-0.39, 0.29) is 0 Å². The van der Waals surface area contributed by atoms with Crippen LogP contribution in [-0.2, 0) is 0 Å². The number of nitrogens with one attached hydrogen (secondary N) is 1. The summed E-state index contributed by atoms with van der Waals surface area (Å²) in [6, 6.07) is 1.02. The average molecular weight is 115 g/mol. The van der Waals surface area contributed by atoms with Gasteiger partial charge in [-0.25, -0.2) is 0 Å². The van der Waals surface area contributed by atoms with Crippen molar-refractivity contribution in [2.75, 3.05) is 0 Å². The van der Waals surface area contributed by atoms with Crippen molar-refractivity contribution in [3.63, 3.8) is 0 Å². The zero-order valence-corrected chi connectivity index (χ0v) is 6.28. The number of rotatable bonds is 2. The minimum Gasteiger partial charge on any atom is -0.313 e. The normalized spacial score (nSPS) is 11.3. The second-order valence-electron chi connectivity index (χ2n) is 2.97. The van der Waals surface area contributed by atoms with Gasteiger partial charge in [-0.15, -0.1) is 0 Å². The molecular weight excluding hydrogens is 102 g/mol. The second kappa shape index (κ2) is 2.26. The Morgan fingerprint density at radius 2 is 1.86 bits per heavy atom. The molecule has 0 fully saturated rings. The molecule has 0 aliphatic carbocycles. The van der Waals surface area contributed by atoms with E-state index in [0.29, 0.717) is 0 Å². The lowest BCUT2D eigenvalue weighted by molar-refractivity contribution is 1.50. The summed E-state index contributed by atoms with van der Waals surface area (Å²) in [5.41, 5.74) is 0. The molecule has 0 saturated heterocycles. The standard InChI is InChI=1S/C5H13NSi/c1-7(2,3)5-4-6/h4,6H,5H2,1-3H3. The fourth-order valence-electron chi connectivity index (χ4n) is 0.306. The third kappa shape index (κ3) is 5.89. The minimum atomic E-state index is -0.900. The van der Waals surface area contributed by atoms with Gasteiger partial charge in [0.2, 0.25) is 0 Å². The van der Waals surface area contributed by atoms with Gasteiger partial charge in [0.1, 0.15) is 0 Å². The summed E-state index contributed by atoms with van der Waals surface area (Å²) in [6.07, 6.45) is 1.52. The van der Waals surface area contributed by atoms with Gasteiger partial charge in [-0.3, -0.25) is 0 Å². The van der Waals surface area contributed by atoms with Gasteiger partial charge in [0.25, 0.3) is 0 Å². The third-order valence-corrected chi connectivity index (χ3v) is 2.14. The molecule has 0 aromatic carbocycles. The molecule has 0 rings (SSSR count). The van der Waals surface area contributed by atoms with E-state index in [1.54, 1.807) is 0 Å². The van der Waals surface area contributed by atoms with Crippen LogP contribution in [0.1, 0.15) is 0 Å². The predicted octanol–water partition coefficient (Wildman–Crippen LogP) is 1.97. The van der Waals surface area contributed by atoms with Crippen LogP contribution in [0.4, 0.5) is 0 Å². The monoisotopic (exact) mass is 115 g/mol. The highest BCUT2D eigenvalue weighted by Crippen LogP contribution is 2.03. The fraction of sp³-hybridized carbons (Fsp3) is 0.800. The zero-order chi connectivity index (χ0) is 5.91. The molecule has 0 spiro atoms. The maximum absolute atomic E-state index is 6.77. The first-order valence-electron chi connectivity index (χ1n) is 2.55. The molecule has 0 atom stereocenters. The highest BCUT2D eigenvalue weighted by atomic mass is 28.3. The van der Waals surface area contributed by atoms with E-state index in [2.05, 4.69) is 19.6 Å². The van der Waals surface area contributed by atoms with Crippen LogP contribution in [0.2, 0.25) is 25.7 Å². The molecule has 7 heavy (non-hydrogen) atoms. The summed E-state index contributed by atoms with van der Waals surface area (Å²) < 4.78 is 0. The van der Waals surface area contributed by atoms with E-state index in [1.807, 2.05) is 0 Å². The molecule has 0 unspecified atom stereocenters. The fourth-order valence-corrected chi connectivity index (χ4v) is 0.919. The van der Waals surface area contributed by atoms with Crippen molar-refractivity contribution in [3.05, 3.63) is 0 Å². The first-order chi connectivity index (χ1) is 3.06. The number of hydrogen-bond donors (Lipinski definition) is 1. The van der Waals surface area contributed by atoms with Crippen molar-refractivity contribution in [1.29, 1.82) is 5.41 Å². The average Bonchev–Trinajstić information content (AvgIpc) is 1.30. The molecule has 0 aliphatic rings. The van der Waals surface area contributed by atoms with Gasteiger partial charge in [-0.2, -0.15) is 0 Å². The van der Waals surface area contributed by atoms with Gasteiger partial charge >= 0.3 is 0 Å². The molecule has 0 radical (unpaired) electrons. The van der Waals surface area contributed by atoms with Gasteiger partial charge in [-0.1, -0.05) is 19.6 Å². The molecule has 42 valence electrons. The van der Waals surface area contributed by atoms with Crippen molar-refractivity contribution in [3.8, 4) is 0 Å². The first-order valence-corrected chi connectivity index (χ1v) is 6.26. The van der Waals surface area contributed by atoms with Crippen LogP contribution >= 0.6 is 0 Å². The van der Waals surface area contributed by atoms with Crippen molar-refractivity contribution < 1.29 is 0 Å². The Labute approximate surface area is 46.3 Å². The summed E-state index contributed by atoms with van der Waals surface area (Å²) in [6.45, 7) is 6.79. The van der Waals surface area contributed by atoms with Gasteiger partial charge in [0.05, 0.1) is 0 Å². The molecule has 0 saturated carbocycles. The lowest BCUT2D eigenvalue weighted by atomic mass is 10.9. The molecular formula is C5H13NSi. The molecule has 0 bridgehead atoms. The molecule has 0 aromatic rings. The molecule has 1 N–H and O–H groups in total. The molecule has 1 nitrogen and oxygen atoms in total. The zero-order valence-electron chi connectivity index (χ0n) is 5.28. The summed E-state index contributed by atoms with van der Waals surface area (Å²) >= 11 is 0. The predicted molar refractivity (Wildman–Crippen MR) is 36.9 cm³/mol. The lowest BCUT2D eigenvalue weighted by Gasteiger charge is -2.09. The lowest BCUT2D eigenvalue weighted by Crippen LogP contribution is -2.18. The van der Waals surface area contributed by atoms with Gasteiger partial charge in [0, 0.05) is 8.07 Å².